The number of rotatable bonds is 3. The summed E-state index contributed by atoms with van der Waals surface area (Å²) in [6.45, 7) is 0. The molecule has 0 aromatic heterocycles. The number of carbonyl (C=O) groups is 1. The molecule has 0 radical (unpaired) electrons. The van der Waals surface area contributed by atoms with Crippen molar-refractivity contribution in [3.05, 3.63) is 44.5 Å². The molecule has 0 amide bonds. The van der Waals surface area contributed by atoms with Gasteiger partial charge in [0, 0.05) is 10.6 Å². The molecule has 19 heavy (non-hydrogen) atoms. The molecule has 0 N–H and O–H groups in total. The smallest absolute Gasteiger partial charge is 0.284 e. The third kappa shape index (κ3) is 3.29. The third-order valence-corrected chi connectivity index (χ3v) is 2.96. The molecule has 0 saturated heterocycles. The summed E-state index contributed by atoms with van der Waals surface area (Å²) in [5.41, 5.74) is -1.87. The average molecular weight is 336 g/mol. The minimum atomic E-state index is -5.24. The van der Waals surface area contributed by atoms with Gasteiger partial charge in [0.15, 0.2) is 0 Å². The van der Waals surface area contributed by atoms with Gasteiger partial charge in [0.1, 0.15) is 0 Å². The van der Waals surface area contributed by atoms with E-state index in [1.54, 1.807) is 0 Å². The molecule has 10 heteroatoms. The highest BCUT2D eigenvalue weighted by molar-refractivity contribution is 6.47. The molecule has 1 aromatic rings. The predicted octanol–water partition coefficient (Wildman–Crippen LogP) is 3.95. The van der Waals surface area contributed by atoms with Crippen LogP contribution in [0.25, 0.3) is 0 Å². The topological polar surface area (TPSA) is 60.2 Å². The molecule has 1 rings (SSSR count). The Bertz CT molecular complexity index is 545. The molecule has 4 nitrogen and oxygen atoms in total. The maximum Gasteiger partial charge on any atom is 0.454 e. The molecule has 0 aliphatic heterocycles. The van der Waals surface area contributed by atoms with E-state index in [0.717, 1.165) is 12.1 Å². The Morgan fingerprint density at radius 1 is 1.26 bits per heavy atom. The maximum atomic E-state index is 12.4. The summed E-state index contributed by atoms with van der Waals surface area (Å²) in [6.07, 6.45) is -5.24. The standard InChI is InChI=1S/C9H3Cl3F3NO3/c10-4-1-2-6(8(11,12)16(18)19)5(3-4)7(17)9(13,14)15/h1-3H. The Morgan fingerprint density at radius 2 is 1.79 bits per heavy atom. The van der Waals surface area contributed by atoms with Gasteiger partial charge in [0.2, 0.25) is 0 Å². The lowest BCUT2D eigenvalue weighted by Crippen LogP contribution is -2.29. The van der Waals surface area contributed by atoms with Gasteiger partial charge in [0.05, 0.1) is 10.5 Å². The first-order valence-corrected chi connectivity index (χ1v) is 5.55. The first-order valence-electron chi connectivity index (χ1n) is 4.41. The first-order chi connectivity index (χ1) is 8.48. The van der Waals surface area contributed by atoms with Gasteiger partial charge in [-0.2, -0.15) is 13.2 Å². The molecule has 0 fully saturated rings. The molecule has 0 bridgehead atoms. The molecule has 1 aromatic carbocycles. The number of halogens is 6. The van der Waals surface area contributed by atoms with Crippen LogP contribution in [0.15, 0.2) is 18.2 Å². The molecule has 0 spiro atoms. The van der Waals surface area contributed by atoms with Gasteiger partial charge in [-0.3, -0.25) is 14.9 Å². The van der Waals surface area contributed by atoms with Gasteiger partial charge < -0.3 is 0 Å². The molecule has 0 aliphatic rings. The zero-order valence-corrected chi connectivity index (χ0v) is 10.9. The Hall–Kier alpha value is -1.05. The minimum absolute atomic E-state index is 0.219. The van der Waals surface area contributed by atoms with Crippen LogP contribution in [0.1, 0.15) is 15.9 Å². The fourth-order valence-electron chi connectivity index (χ4n) is 1.22. The monoisotopic (exact) mass is 335 g/mol. The molecular formula is C9H3Cl3F3NO3. The van der Waals surface area contributed by atoms with E-state index < -0.39 is 32.5 Å². The van der Waals surface area contributed by atoms with E-state index in [1.807, 2.05) is 0 Å². The Balaban J connectivity index is 3.52. The number of nitrogens with zero attached hydrogens (tertiary/aromatic N) is 1. The highest BCUT2D eigenvalue weighted by atomic mass is 35.5. The maximum absolute atomic E-state index is 12.4. The van der Waals surface area contributed by atoms with Crippen molar-refractivity contribution in [3.63, 3.8) is 0 Å². The van der Waals surface area contributed by atoms with Crippen LogP contribution < -0.4 is 0 Å². The van der Waals surface area contributed by atoms with Crippen LogP contribution in [0.3, 0.4) is 0 Å². The van der Waals surface area contributed by atoms with Crippen molar-refractivity contribution in [1.29, 1.82) is 0 Å². The van der Waals surface area contributed by atoms with Crippen LogP contribution in [0.4, 0.5) is 13.2 Å². The number of alkyl halides is 5. The van der Waals surface area contributed by atoms with E-state index in [2.05, 4.69) is 0 Å². The van der Waals surface area contributed by atoms with Crippen molar-refractivity contribution in [1.82, 2.24) is 0 Å². The van der Waals surface area contributed by atoms with E-state index in [4.69, 9.17) is 34.8 Å². The Labute approximate surface area is 119 Å². The summed E-state index contributed by atoms with van der Waals surface area (Å²) < 4.78 is 34.3. The normalized spacial score (nSPS) is 12.3. The second-order valence-electron chi connectivity index (χ2n) is 3.32. The second-order valence-corrected chi connectivity index (χ2v) is 5.04. The van der Waals surface area contributed by atoms with Crippen LogP contribution in [0, 0.1) is 10.1 Å². The van der Waals surface area contributed by atoms with Gasteiger partial charge in [-0.05, 0) is 41.4 Å². The number of hydrogen-bond donors (Lipinski definition) is 0. The number of ketones is 1. The molecule has 0 saturated carbocycles. The van der Waals surface area contributed by atoms with E-state index >= 15 is 0 Å². The van der Waals surface area contributed by atoms with Crippen LogP contribution in [-0.2, 0) is 4.46 Å². The summed E-state index contributed by atoms with van der Waals surface area (Å²) in [5.74, 6) is -2.32. The third-order valence-electron chi connectivity index (χ3n) is 2.04. The molecule has 104 valence electrons. The van der Waals surface area contributed by atoms with Crippen LogP contribution in [-0.4, -0.2) is 16.9 Å². The van der Waals surface area contributed by atoms with Crippen molar-refractivity contribution in [3.8, 4) is 0 Å². The van der Waals surface area contributed by atoms with Crippen molar-refractivity contribution in [2.75, 3.05) is 0 Å². The zero-order valence-electron chi connectivity index (χ0n) is 8.67. The Kier molecular flexibility index (Phi) is 4.33. The molecule has 0 heterocycles. The van der Waals surface area contributed by atoms with E-state index in [9.17, 15) is 28.1 Å². The largest absolute Gasteiger partial charge is 0.454 e. The lowest BCUT2D eigenvalue weighted by Gasteiger charge is -2.15. The molecule has 0 aliphatic carbocycles. The Morgan fingerprint density at radius 3 is 2.21 bits per heavy atom. The van der Waals surface area contributed by atoms with Crippen molar-refractivity contribution in [2.45, 2.75) is 10.6 Å². The highest BCUT2D eigenvalue weighted by Crippen LogP contribution is 2.39. The quantitative estimate of drug-likeness (QED) is 0.276. The fourth-order valence-corrected chi connectivity index (χ4v) is 1.72. The number of nitro groups is 1. The highest BCUT2D eigenvalue weighted by Gasteiger charge is 2.48. The number of Topliss-reactive ketones (excluding diaryl/α,β-unsaturated/α-hetero) is 1. The van der Waals surface area contributed by atoms with Gasteiger partial charge in [-0.15, -0.1) is 0 Å². The second kappa shape index (κ2) is 5.15. The zero-order chi connectivity index (χ0) is 15.0. The van der Waals surface area contributed by atoms with E-state index in [0.29, 0.717) is 6.07 Å². The van der Waals surface area contributed by atoms with E-state index in [-0.39, 0.29) is 5.02 Å². The first kappa shape index (κ1) is 16.0. The fraction of sp³-hybridized carbons (Fsp3) is 0.222. The molecule has 0 unspecified atom stereocenters. The summed E-state index contributed by atoms with van der Waals surface area (Å²) in [6, 6.07) is 2.45. The number of carbonyl (C=O) groups excluding carboxylic acids is 1. The van der Waals surface area contributed by atoms with Crippen molar-refractivity contribution in [2.24, 2.45) is 0 Å². The summed E-state index contributed by atoms with van der Waals surface area (Å²) in [5, 5.41) is 10.4. The van der Waals surface area contributed by atoms with Gasteiger partial charge in [0.25, 0.3) is 5.78 Å². The molecule has 0 atom stereocenters. The van der Waals surface area contributed by atoms with Gasteiger partial charge >= 0.3 is 10.6 Å². The number of hydrogen-bond acceptors (Lipinski definition) is 3. The summed E-state index contributed by atoms with van der Waals surface area (Å²) in [7, 11) is 0. The van der Waals surface area contributed by atoms with Crippen LogP contribution in [0.2, 0.25) is 5.02 Å². The number of benzene rings is 1. The van der Waals surface area contributed by atoms with Gasteiger partial charge in [-0.25, -0.2) is 0 Å². The van der Waals surface area contributed by atoms with Crippen LogP contribution >= 0.6 is 34.8 Å². The summed E-state index contributed by atoms with van der Waals surface area (Å²) in [4.78, 5) is 20.6. The lowest BCUT2D eigenvalue weighted by molar-refractivity contribution is -0.523. The van der Waals surface area contributed by atoms with E-state index in [1.165, 1.54) is 0 Å². The average Bonchev–Trinajstić information content (AvgIpc) is 2.26. The SMILES string of the molecule is O=C(c1cc(Cl)ccc1C(Cl)(Cl)[N+](=O)[O-])C(F)(F)F. The minimum Gasteiger partial charge on any atom is -0.284 e. The predicted molar refractivity (Wildman–Crippen MR) is 62.2 cm³/mol. The van der Waals surface area contributed by atoms with Crippen molar-refractivity contribution >= 4 is 40.6 Å². The van der Waals surface area contributed by atoms with Crippen molar-refractivity contribution < 1.29 is 22.9 Å². The lowest BCUT2D eigenvalue weighted by atomic mass is 10.0. The van der Waals surface area contributed by atoms with Gasteiger partial charge in [-0.1, -0.05) is 11.6 Å². The van der Waals surface area contributed by atoms with Crippen LogP contribution in [0.5, 0.6) is 0 Å². The summed E-state index contributed by atoms with van der Waals surface area (Å²) >= 11 is 16.2. The molecular weight excluding hydrogens is 333 g/mol.